The summed E-state index contributed by atoms with van der Waals surface area (Å²) in [5, 5.41) is 0. The molecular weight excluding hydrogens is 160 g/mol. The number of benzene rings is 1. The molecule has 0 spiro atoms. The van der Waals surface area contributed by atoms with E-state index in [1.165, 1.54) is 16.7 Å². The molecule has 0 fully saturated rings. The molecule has 2 N–H and O–H groups in total. The van der Waals surface area contributed by atoms with Crippen molar-refractivity contribution in [3.05, 3.63) is 34.9 Å². The summed E-state index contributed by atoms with van der Waals surface area (Å²) in [4.78, 5) is 4.16. The van der Waals surface area contributed by atoms with Gasteiger partial charge in [0.05, 0.1) is 12.4 Å². The van der Waals surface area contributed by atoms with Gasteiger partial charge in [-0.1, -0.05) is 18.2 Å². The Morgan fingerprint density at radius 2 is 2.00 bits per heavy atom. The number of hydrogen-bond acceptors (Lipinski definition) is 1. The number of hydrogen-bond donors (Lipinski definition) is 1. The Balaban J connectivity index is 2.80. The van der Waals surface area contributed by atoms with E-state index >= 15 is 0 Å². The van der Waals surface area contributed by atoms with Gasteiger partial charge in [-0.3, -0.25) is 4.99 Å². The van der Waals surface area contributed by atoms with E-state index in [2.05, 4.69) is 37.0 Å². The third kappa shape index (κ3) is 2.90. The minimum atomic E-state index is 0.637. The molecule has 0 unspecified atom stereocenters. The van der Waals surface area contributed by atoms with Gasteiger partial charge in [0.15, 0.2) is 0 Å². The van der Waals surface area contributed by atoms with Crippen LogP contribution >= 0.6 is 0 Å². The highest BCUT2D eigenvalue weighted by Crippen LogP contribution is 2.10. The molecule has 0 heterocycles. The summed E-state index contributed by atoms with van der Waals surface area (Å²) in [6, 6.07) is 6.36. The Labute approximate surface area is 79.5 Å². The van der Waals surface area contributed by atoms with E-state index in [1.807, 2.05) is 0 Å². The van der Waals surface area contributed by atoms with E-state index in [4.69, 9.17) is 5.73 Å². The Hall–Kier alpha value is -1.31. The Kier molecular flexibility index (Phi) is 3.07. The van der Waals surface area contributed by atoms with Crippen molar-refractivity contribution < 1.29 is 0 Å². The minimum Gasteiger partial charge on any atom is -0.388 e. The second-order valence-corrected chi connectivity index (χ2v) is 3.38. The number of aliphatic imine (C=N–C) groups is 1. The number of nitrogens with two attached hydrogens (primary N) is 1. The van der Waals surface area contributed by atoms with Crippen LogP contribution in [0.5, 0.6) is 0 Å². The smallest absolute Gasteiger partial charge is 0.0909 e. The van der Waals surface area contributed by atoms with E-state index in [9.17, 15) is 0 Å². The minimum absolute atomic E-state index is 0.637. The van der Waals surface area contributed by atoms with Crippen molar-refractivity contribution >= 4 is 5.84 Å². The number of rotatable bonds is 2. The molecule has 0 aliphatic carbocycles. The summed E-state index contributed by atoms with van der Waals surface area (Å²) in [7, 11) is 0. The van der Waals surface area contributed by atoms with Crippen molar-refractivity contribution in [2.24, 2.45) is 10.7 Å². The molecule has 0 aromatic heterocycles. The van der Waals surface area contributed by atoms with Crippen molar-refractivity contribution in [1.82, 2.24) is 0 Å². The van der Waals surface area contributed by atoms with Crippen molar-refractivity contribution in [2.45, 2.75) is 27.3 Å². The summed E-state index contributed by atoms with van der Waals surface area (Å²) in [6.45, 7) is 6.71. The quantitative estimate of drug-likeness (QED) is 0.544. The van der Waals surface area contributed by atoms with Crippen LogP contribution in [-0.4, -0.2) is 5.84 Å². The van der Waals surface area contributed by atoms with Gasteiger partial charge in [-0.25, -0.2) is 0 Å². The molecule has 70 valence electrons. The largest absolute Gasteiger partial charge is 0.388 e. The topological polar surface area (TPSA) is 38.4 Å². The number of amidine groups is 1. The molecule has 2 heteroatoms. The van der Waals surface area contributed by atoms with Gasteiger partial charge in [0, 0.05) is 0 Å². The van der Waals surface area contributed by atoms with E-state index in [0.717, 1.165) is 0 Å². The second-order valence-electron chi connectivity index (χ2n) is 3.38. The Morgan fingerprint density at radius 3 is 2.54 bits per heavy atom. The molecule has 0 radical (unpaired) electrons. The monoisotopic (exact) mass is 176 g/mol. The van der Waals surface area contributed by atoms with Crippen molar-refractivity contribution in [1.29, 1.82) is 0 Å². The van der Waals surface area contributed by atoms with Crippen molar-refractivity contribution in [3.63, 3.8) is 0 Å². The summed E-state index contributed by atoms with van der Waals surface area (Å²) in [5.74, 6) is 0.637. The van der Waals surface area contributed by atoms with Gasteiger partial charge in [-0.2, -0.15) is 0 Å². The van der Waals surface area contributed by atoms with E-state index in [1.54, 1.807) is 6.92 Å². The lowest BCUT2D eigenvalue weighted by molar-refractivity contribution is 1.05. The molecule has 2 nitrogen and oxygen atoms in total. The molecule has 0 bridgehead atoms. The summed E-state index contributed by atoms with van der Waals surface area (Å²) < 4.78 is 0. The predicted octanol–water partition coefficient (Wildman–Crippen LogP) is 2.18. The third-order valence-electron chi connectivity index (χ3n) is 2.08. The van der Waals surface area contributed by atoms with E-state index in [0.29, 0.717) is 12.4 Å². The van der Waals surface area contributed by atoms with Crippen LogP contribution in [0.25, 0.3) is 0 Å². The van der Waals surface area contributed by atoms with Gasteiger partial charge >= 0.3 is 0 Å². The molecular formula is C11H16N2. The van der Waals surface area contributed by atoms with Crippen LogP contribution in [0.3, 0.4) is 0 Å². The second kappa shape index (κ2) is 4.08. The van der Waals surface area contributed by atoms with Gasteiger partial charge in [0.1, 0.15) is 0 Å². The summed E-state index contributed by atoms with van der Waals surface area (Å²) in [6.07, 6.45) is 0. The van der Waals surface area contributed by atoms with E-state index in [-0.39, 0.29) is 0 Å². The van der Waals surface area contributed by atoms with Crippen LogP contribution in [0.15, 0.2) is 23.2 Å². The van der Waals surface area contributed by atoms with Crippen LogP contribution in [0.2, 0.25) is 0 Å². The standard InChI is InChI=1S/C11H16N2/c1-8-4-5-11(6-9(8)2)7-13-10(3)12/h4-6H,7H2,1-3H3,(H2,12,13). The Morgan fingerprint density at radius 1 is 1.31 bits per heavy atom. The fraction of sp³-hybridized carbons (Fsp3) is 0.364. The first kappa shape index (κ1) is 9.78. The predicted molar refractivity (Wildman–Crippen MR) is 56.9 cm³/mol. The molecule has 13 heavy (non-hydrogen) atoms. The summed E-state index contributed by atoms with van der Waals surface area (Å²) >= 11 is 0. The zero-order chi connectivity index (χ0) is 9.84. The molecule has 0 atom stereocenters. The van der Waals surface area contributed by atoms with Crippen molar-refractivity contribution in [3.8, 4) is 0 Å². The van der Waals surface area contributed by atoms with Gasteiger partial charge in [0.25, 0.3) is 0 Å². The van der Waals surface area contributed by atoms with Crippen LogP contribution < -0.4 is 5.73 Å². The molecule has 1 aromatic rings. The van der Waals surface area contributed by atoms with Gasteiger partial charge < -0.3 is 5.73 Å². The third-order valence-corrected chi connectivity index (χ3v) is 2.08. The van der Waals surface area contributed by atoms with Gasteiger partial charge in [0.2, 0.25) is 0 Å². The molecule has 0 aliphatic rings. The normalized spacial score (nSPS) is 11.8. The molecule has 1 aromatic carbocycles. The first-order valence-corrected chi connectivity index (χ1v) is 4.42. The van der Waals surface area contributed by atoms with Crippen LogP contribution in [-0.2, 0) is 6.54 Å². The molecule has 0 saturated carbocycles. The van der Waals surface area contributed by atoms with Crippen LogP contribution in [0.1, 0.15) is 23.6 Å². The Bertz CT molecular complexity index is 323. The highest BCUT2D eigenvalue weighted by atomic mass is 14.8. The maximum atomic E-state index is 5.46. The average molecular weight is 176 g/mol. The highest BCUT2D eigenvalue weighted by molar-refractivity contribution is 5.77. The maximum Gasteiger partial charge on any atom is 0.0909 e. The van der Waals surface area contributed by atoms with Crippen LogP contribution in [0.4, 0.5) is 0 Å². The zero-order valence-corrected chi connectivity index (χ0v) is 8.46. The highest BCUT2D eigenvalue weighted by Gasteiger charge is 1.94. The molecule has 0 saturated heterocycles. The number of aryl methyl sites for hydroxylation is 2. The van der Waals surface area contributed by atoms with Gasteiger partial charge in [-0.05, 0) is 37.5 Å². The lowest BCUT2D eigenvalue weighted by Crippen LogP contribution is -2.05. The average Bonchev–Trinajstić information content (AvgIpc) is 2.07. The fourth-order valence-corrected chi connectivity index (χ4v) is 1.12. The first-order valence-electron chi connectivity index (χ1n) is 4.42. The summed E-state index contributed by atoms with van der Waals surface area (Å²) in [5.41, 5.74) is 9.30. The number of nitrogens with zero attached hydrogens (tertiary/aromatic N) is 1. The molecule has 0 aliphatic heterocycles. The maximum absolute atomic E-state index is 5.46. The van der Waals surface area contributed by atoms with Gasteiger partial charge in [-0.15, -0.1) is 0 Å². The lowest BCUT2D eigenvalue weighted by Gasteiger charge is -2.02. The van der Waals surface area contributed by atoms with Crippen LogP contribution in [0, 0.1) is 13.8 Å². The SMILES string of the molecule is CC(N)=NCc1ccc(C)c(C)c1. The molecule has 0 amide bonds. The zero-order valence-electron chi connectivity index (χ0n) is 8.46. The fourth-order valence-electron chi connectivity index (χ4n) is 1.12. The van der Waals surface area contributed by atoms with Crippen molar-refractivity contribution in [2.75, 3.05) is 0 Å². The lowest BCUT2D eigenvalue weighted by atomic mass is 10.1. The molecule has 1 rings (SSSR count). The van der Waals surface area contributed by atoms with E-state index < -0.39 is 0 Å². The first-order chi connectivity index (χ1) is 6.09.